The molecule has 0 saturated carbocycles. The summed E-state index contributed by atoms with van der Waals surface area (Å²) < 4.78 is 15.4. The molecule has 0 aliphatic rings. The van der Waals surface area contributed by atoms with Crippen molar-refractivity contribution in [3.8, 4) is 0 Å². The Morgan fingerprint density at radius 3 is 2.29 bits per heavy atom. The molecule has 0 saturated heterocycles. The highest BCUT2D eigenvalue weighted by molar-refractivity contribution is 5.75. The molecule has 0 aliphatic heterocycles. The van der Waals surface area contributed by atoms with Crippen molar-refractivity contribution in [2.24, 2.45) is 0 Å². The minimum absolute atomic E-state index is 0.0649. The number of carbonyl (C=O) groups is 1. The van der Waals surface area contributed by atoms with Gasteiger partial charge in [0.1, 0.15) is 11.6 Å². The van der Waals surface area contributed by atoms with E-state index in [2.05, 4.69) is 5.32 Å². The van der Waals surface area contributed by atoms with Gasteiger partial charge in [0, 0.05) is 20.8 Å². The summed E-state index contributed by atoms with van der Waals surface area (Å²) >= 11 is 0. The highest BCUT2D eigenvalue weighted by Gasteiger charge is 2.22. The van der Waals surface area contributed by atoms with Crippen LogP contribution >= 0.6 is 0 Å². The van der Waals surface area contributed by atoms with Gasteiger partial charge >= 0.3 is 5.97 Å². The Morgan fingerprint density at radius 1 is 1.29 bits per heavy atom. The summed E-state index contributed by atoms with van der Waals surface area (Å²) in [4.78, 5) is 11.7. The summed E-state index contributed by atoms with van der Waals surface area (Å²) in [6, 6.07) is -0.358. The molecule has 0 spiro atoms. The second-order valence-electron chi connectivity index (χ2n) is 4.98. The first-order valence-electron chi connectivity index (χ1n) is 5.78. The number of hydrogen-bond acceptors (Lipinski definition) is 5. The largest absolute Gasteiger partial charge is 0.459 e. The second kappa shape index (κ2) is 7.63. The van der Waals surface area contributed by atoms with Crippen molar-refractivity contribution in [3.63, 3.8) is 0 Å². The predicted molar refractivity (Wildman–Crippen MR) is 66.0 cm³/mol. The van der Waals surface area contributed by atoms with Crippen LogP contribution in [0.2, 0.25) is 0 Å². The first-order chi connectivity index (χ1) is 7.80. The lowest BCUT2D eigenvalue weighted by Gasteiger charge is -2.23. The number of methoxy groups -OCH3 is 2. The molecule has 5 nitrogen and oxygen atoms in total. The van der Waals surface area contributed by atoms with Crippen LogP contribution in [0.5, 0.6) is 0 Å². The molecule has 0 aliphatic carbocycles. The number of ether oxygens (including phenoxy) is 3. The molecule has 0 aromatic carbocycles. The van der Waals surface area contributed by atoms with Gasteiger partial charge in [0.25, 0.3) is 0 Å². The number of hydrogen-bond donors (Lipinski definition) is 1. The molecule has 0 fully saturated rings. The van der Waals surface area contributed by atoms with Gasteiger partial charge in [0.2, 0.25) is 0 Å². The fraction of sp³-hybridized carbons (Fsp3) is 0.917. The van der Waals surface area contributed by atoms with Crippen LogP contribution in [0.4, 0.5) is 0 Å². The summed E-state index contributed by atoms with van der Waals surface area (Å²) in [5.41, 5.74) is -0.458. The molecule has 2 unspecified atom stereocenters. The number of rotatable bonds is 7. The Morgan fingerprint density at radius 2 is 1.88 bits per heavy atom. The Kier molecular flexibility index (Phi) is 7.34. The van der Waals surface area contributed by atoms with Crippen molar-refractivity contribution in [3.05, 3.63) is 0 Å². The van der Waals surface area contributed by atoms with Gasteiger partial charge in [-0.25, -0.2) is 0 Å². The summed E-state index contributed by atoms with van der Waals surface area (Å²) in [7, 11) is 3.23. The van der Waals surface area contributed by atoms with Crippen LogP contribution in [0.3, 0.4) is 0 Å². The molecule has 17 heavy (non-hydrogen) atoms. The Hall–Kier alpha value is -0.650. The maximum absolute atomic E-state index is 11.7. The zero-order valence-electron chi connectivity index (χ0n) is 11.7. The molecule has 0 radical (unpaired) electrons. The van der Waals surface area contributed by atoms with E-state index in [0.717, 1.165) is 0 Å². The molecule has 1 N–H and O–H groups in total. The van der Waals surface area contributed by atoms with Crippen molar-refractivity contribution in [2.45, 2.75) is 45.4 Å². The molecule has 5 heteroatoms. The third-order valence-electron chi connectivity index (χ3n) is 2.10. The van der Waals surface area contributed by atoms with Crippen LogP contribution in [-0.2, 0) is 19.0 Å². The third kappa shape index (κ3) is 8.12. The molecule has 102 valence electrons. The highest BCUT2D eigenvalue weighted by Crippen LogP contribution is 2.08. The quantitative estimate of drug-likeness (QED) is 0.679. The molecular weight excluding hydrogens is 222 g/mol. The van der Waals surface area contributed by atoms with Gasteiger partial charge in [0.05, 0.1) is 12.7 Å². The topological polar surface area (TPSA) is 56.8 Å². The molecule has 0 aromatic heterocycles. The summed E-state index contributed by atoms with van der Waals surface area (Å²) in [5, 5.41) is 3.06. The zero-order valence-corrected chi connectivity index (χ0v) is 11.7. The third-order valence-corrected chi connectivity index (χ3v) is 2.10. The molecule has 2 atom stereocenters. The van der Waals surface area contributed by atoms with Crippen LogP contribution in [0.15, 0.2) is 0 Å². The van der Waals surface area contributed by atoms with Crippen LogP contribution < -0.4 is 5.32 Å². The minimum Gasteiger partial charge on any atom is -0.459 e. The van der Waals surface area contributed by atoms with E-state index in [4.69, 9.17) is 14.2 Å². The maximum atomic E-state index is 11.7. The smallest absolute Gasteiger partial charge is 0.323 e. The average molecular weight is 247 g/mol. The van der Waals surface area contributed by atoms with E-state index in [1.165, 1.54) is 0 Å². The second-order valence-corrected chi connectivity index (χ2v) is 4.98. The van der Waals surface area contributed by atoms with Gasteiger partial charge in [-0.15, -0.1) is 0 Å². The van der Waals surface area contributed by atoms with Crippen molar-refractivity contribution in [1.29, 1.82) is 0 Å². The molecule has 0 aromatic rings. The number of esters is 1. The fourth-order valence-corrected chi connectivity index (χ4v) is 1.18. The van der Waals surface area contributed by atoms with Gasteiger partial charge in [0.15, 0.2) is 0 Å². The van der Waals surface area contributed by atoms with E-state index < -0.39 is 5.60 Å². The monoisotopic (exact) mass is 247 g/mol. The first-order valence-corrected chi connectivity index (χ1v) is 5.78. The van der Waals surface area contributed by atoms with Crippen LogP contribution in [0, 0.1) is 0 Å². The van der Waals surface area contributed by atoms with E-state index in [1.54, 1.807) is 21.1 Å². The van der Waals surface area contributed by atoms with Crippen molar-refractivity contribution < 1.29 is 19.0 Å². The van der Waals surface area contributed by atoms with Crippen molar-refractivity contribution >= 4 is 5.97 Å². The molecule has 0 heterocycles. The van der Waals surface area contributed by atoms with Crippen LogP contribution in [0.1, 0.15) is 27.7 Å². The summed E-state index contributed by atoms with van der Waals surface area (Å²) in [6.07, 6.45) is -0.0649. The van der Waals surface area contributed by atoms with E-state index in [-0.39, 0.29) is 18.1 Å². The molecule has 0 amide bonds. The number of nitrogens with one attached hydrogen (secondary N) is 1. The lowest BCUT2D eigenvalue weighted by molar-refractivity contribution is -0.157. The fourth-order valence-electron chi connectivity index (χ4n) is 1.18. The zero-order chi connectivity index (χ0) is 13.5. The Bertz CT molecular complexity index is 225. The van der Waals surface area contributed by atoms with Gasteiger partial charge in [-0.1, -0.05) is 0 Å². The standard InChI is InChI=1S/C12H25NO4/c1-9(11(14)17-12(2,3)4)13-7-10(16-6)8-15-5/h9-10,13H,7-8H2,1-6H3. The van der Waals surface area contributed by atoms with Crippen LogP contribution in [0.25, 0.3) is 0 Å². The Balaban J connectivity index is 3.99. The molecule has 0 bridgehead atoms. The van der Waals surface area contributed by atoms with E-state index in [1.807, 2.05) is 20.8 Å². The number of carbonyl (C=O) groups excluding carboxylic acids is 1. The van der Waals surface area contributed by atoms with Gasteiger partial charge in [-0.05, 0) is 27.7 Å². The highest BCUT2D eigenvalue weighted by atomic mass is 16.6. The summed E-state index contributed by atoms with van der Waals surface area (Å²) in [5.74, 6) is -0.259. The van der Waals surface area contributed by atoms with E-state index in [9.17, 15) is 4.79 Å². The lowest BCUT2D eigenvalue weighted by Crippen LogP contribution is -2.43. The van der Waals surface area contributed by atoms with Gasteiger partial charge in [-0.2, -0.15) is 0 Å². The molecule has 0 rings (SSSR count). The van der Waals surface area contributed by atoms with Gasteiger partial charge in [-0.3, -0.25) is 4.79 Å². The minimum atomic E-state index is -0.458. The average Bonchev–Trinajstić information content (AvgIpc) is 2.21. The Labute approximate surface area is 104 Å². The summed E-state index contributed by atoms with van der Waals surface area (Å²) in [6.45, 7) is 8.35. The van der Waals surface area contributed by atoms with E-state index in [0.29, 0.717) is 13.2 Å². The predicted octanol–water partition coefficient (Wildman–Crippen LogP) is 0.968. The molecular formula is C12H25NO4. The van der Waals surface area contributed by atoms with Crippen molar-refractivity contribution in [2.75, 3.05) is 27.4 Å². The van der Waals surface area contributed by atoms with Crippen molar-refractivity contribution in [1.82, 2.24) is 5.32 Å². The SMILES string of the molecule is COCC(CNC(C)C(=O)OC(C)(C)C)OC. The van der Waals surface area contributed by atoms with E-state index >= 15 is 0 Å². The normalized spacial score (nSPS) is 15.4. The first kappa shape index (κ1) is 16.4. The lowest BCUT2D eigenvalue weighted by atomic mass is 10.2. The van der Waals surface area contributed by atoms with Crippen LogP contribution in [-0.4, -0.2) is 51.1 Å². The maximum Gasteiger partial charge on any atom is 0.323 e. The van der Waals surface area contributed by atoms with Gasteiger partial charge < -0.3 is 19.5 Å².